The summed E-state index contributed by atoms with van der Waals surface area (Å²) < 4.78 is 18.2. The molecule has 35 heavy (non-hydrogen) atoms. The Labute approximate surface area is 202 Å². The lowest BCUT2D eigenvalue weighted by Gasteiger charge is -2.05. The summed E-state index contributed by atoms with van der Waals surface area (Å²) in [6, 6.07) is 18.1. The zero-order valence-electron chi connectivity index (χ0n) is 18.9. The smallest absolute Gasteiger partial charge is 0.349 e. The van der Waals surface area contributed by atoms with Crippen molar-refractivity contribution >= 4 is 55.2 Å². The van der Waals surface area contributed by atoms with Crippen LogP contribution in [0.25, 0.3) is 32.0 Å². The summed E-state index contributed by atoms with van der Waals surface area (Å²) in [5.74, 6) is -0.598. The first-order valence-electron chi connectivity index (χ1n) is 10.9. The van der Waals surface area contributed by atoms with Crippen molar-refractivity contribution in [1.82, 2.24) is 4.57 Å². The lowest BCUT2D eigenvalue weighted by Crippen LogP contribution is -2.23. The van der Waals surface area contributed by atoms with Crippen LogP contribution in [-0.2, 0) is 16.1 Å². The average Bonchev–Trinajstić information content (AvgIpc) is 3.19. The maximum atomic E-state index is 13.2. The van der Waals surface area contributed by atoms with Crippen LogP contribution in [0.15, 0.2) is 74.9 Å². The summed E-state index contributed by atoms with van der Waals surface area (Å²) >= 11 is 1.21. The number of amides is 1. The third kappa shape index (κ3) is 4.22. The first-order valence-corrected chi connectivity index (χ1v) is 11.7. The average molecular weight is 489 g/mol. The number of thiazole rings is 1. The minimum atomic E-state index is -0.777. The van der Waals surface area contributed by atoms with Gasteiger partial charge in [-0.3, -0.25) is 9.59 Å². The molecule has 0 fully saturated rings. The van der Waals surface area contributed by atoms with Gasteiger partial charge in [0.2, 0.25) is 0 Å². The van der Waals surface area contributed by atoms with E-state index in [4.69, 9.17) is 13.9 Å². The summed E-state index contributed by atoms with van der Waals surface area (Å²) in [7, 11) is 1.29. The lowest BCUT2D eigenvalue weighted by molar-refractivity contribution is -0.141. The highest BCUT2D eigenvalue weighted by molar-refractivity contribution is 7.16. The molecule has 0 aliphatic heterocycles. The fourth-order valence-electron chi connectivity index (χ4n) is 3.91. The van der Waals surface area contributed by atoms with E-state index in [9.17, 15) is 14.4 Å². The first-order chi connectivity index (χ1) is 17.0. The zero-order chi connectivity index (χ0) is 24.5. The van der Waals surface area contributed by atoms with Gasteiger partial charge in [-0.2, -0.15) is 4.99 Å². The molecule has 2 heterocycles. The monoisotopic (exact) mass is 488 g/mol. The van der Waals surface area contributed by atoms with E-state index in [-0.39, 0.29) is 16.9 Å². The van der Waals surface area contributed by atoms with Gasteiger partial charge in [0.1, 0.15) is 23.4 Å². The molecule has 0 bridgehead atoms. The normalized spacial score (nSPS) is 11.9. The van der Waals surface area contributed by atoms with Gasteiger partial charge in [0.15, 0.2) is 4.80 Å². The fraction of sp³-hybridized carbons (Fsp3) is 0.154. The number of methoxy groups -OCH3 is 1. The number of hydrogen-bond donors (Lipinski definition) is 0. The summed E-state index contributed by atoms with van der Waals surface area (Å²) in [5, 5.41) is 2.45. The molecule has 0 radical (unpaired) electrons. The van der Waals surface area contributed by atoms with Crippen LogP contribution < -0.4 is 15.2 Å². The van der Waals surface area contributed by atoms with Crippen molar-refractivity contribution in [3.8, 4) is 5.75 Å². The third-order valence-electron chi connectivity index (χ3n) is 5.55. The molecule has 0 saturated carbocycles. The Morgan fingerprint density at radius 2 is 1.89 bits per heavy atom. The summed E-state index contributed by atoms with van der Waals surface area (Å²) in [6.45, 7) is 2.24. The second kappa shape index (κ2) is 9.19. The van der Waals surface area contributed by atoms with Gasteiger partial charge in [0.05, 0.1) is 23.9 Å². The molecule has 3 aromatic carbocycles. The third-order valence-corrected chi connectivity index (χ3v) is 6.59. The molecule has 0 N–H and O–H groups in total. The van der Waals surface area contributed by atoms with E-state index in [0.29, 0.717) is 28.8 Å². The molecule has 0 saturated heterocycles. The van der Waals surface area contributed by atoms with Crippen molar-refractivity contribution in [3.63, 3.8) is 0 Å². The highest BCUT2D eigenvalue weighted by atomic mass is 32.1. The molecule has 5 rings (SSSR count). The van der Waals surface area contributed by atoms with Crippen LogP contribution in [0.5, 0.6) is 5.75 Å². The molecule has 0 unspecified atom stereocenters. The van der Waals surface area contributed by atoms with Crippen molar-refractivity contribution in [2.45, 2.75) is 13.5 Å². The number of benzene rings is 3. The second-order valence-corrected chi connectivity index (χ2v) is 8.68. The number of fused-ring (bicyclic) bond motifs is 4. The van der Waals surface area contributed by atoms with Gasteiger partial charge in [-0.05, 0) is 48.0 Å². The molecular formula is C26H20N2O6S. The van der Waals surface area contributed by atoms with E-state index in [2.05, 4.69) is 4.99 Å². The van der Waals surface area contributed by atoms with Crippen molar-refractivity contribution in [1.29, 1.82) is 0 Å². The topological polar surface area (TPSA) is 100 Å². The number of esters is 1. The predicted octanol–water partition coefficient (Wildman–Crippen LogP) is 4.28. The maximum absolute atomic E-state index is 13.2. The molecule has 1 amide bonds. The molecular weight excluding hydrogens is 468 g/mol. The van der Waals surface area contributed by atoms with E-state index in [1.54, 1.807) is 22.8 Å². The standard InChI is InChI=1S/C26H20N2O6S/c1-3-33-16-9-10-20-22(12-16)35-26(28(20)14-23(29)32-2)27-24(30)19-13-18-17-7-5-4-6-15(17)8-11-21(18)34-25(19)31/h4-13H,3,14H2,1-2H3. The van der Waals surface area contributed by atoms with Crippen molar-refractivity contribution in [2.24, 2.45) is 4.99 Å². The lowest BCUT2D eigenvalue weighted by atomic mass is 10.0. The fourth-order valence-corrected chi connectivity index (χ4v) is 4.97. The predicted molar refractivity (Wildman–Crippen MR) is 133 cm³/mol. The molecule has 8 nitrogen and oxygen atoms in total. The van der Waals surface area contributed by atoms with Crippen molar-refractivity contribution in [2.75, 3.05) is 13.7 Å². The van der Waals surface area contributed by atoms with Crippen molar-refractivity contribution in [3.05, 3.63) is 81.4 Å². The van der Waals surface area contributed by atoms with E-state index < -0.39 is 17.5 Å². The summed E-state index contributed by atoms with van der Waals surface area (Å²) in [6.07, 6.45) is 0. The van der Waals surface area contributed by atoms with E-state index in [1.807, 2.05) is 43.3 Å². The first kappa shape index (κ1) is 22.5. The number of rotatable bonds is 5. The molecule has 0 aliphatic carbocycles. The molecule has 0 spiro atoms. The van der Waals surface area contributed by atoms with Crippen LogP contribution in [-0.4, -0.2) is 30.2 Å². The number of hydrogen-bond acceptors (Lipinski definition) is 7. The Bertz CT molecular complexity index is 1740. The highest BCUT2D eigenvalue weighted by Gasteiger charge is 2.17. The van der Waals surface area contributed by atoms with Crippen LogP contribution in [0.3, 0.4) is 0 Å². The van der Waals surface area contributed by atoms with Gasteiger partial charge in [-0.25, -0.2) is 4.79 Å². The number of aromatic nitrogens is 1. The van der Waals surface area contributed by atoms with Crippen molar-refractivity contribution < 1.29 is 23.5 Å². The minimum Gasteiger partial charge on any atom is -0.494 e. The Balaban J connectivity index is 1.68. The van der Waals surface area contributed by atoms with Crippen LogP contribution in [0.4, 0.5) is 0 Å². The molecule has 9 heteroatoms. The Morgan fingerprint density at radius 1 is 1.06 bits per heavy atom. The number of carbonyl (C=O) groups excluding carboxylic acids is 2. The molecule has 0 aliphatic rings. The van der Waals surface area contributed by atoms with Gasteiger partial charge in [-0.15, -0.1) is 0 Å². The molecule has 176 valence electrons. The maximum Gasteiger partial charge on any atom is 0.349 e. The van der Waals surface area contributed by atoms with Gasteiger partial charge in [0.25, 0.3) is 5.91 Å². The van der Waals surface area contributed by atoms with Gasteiger partial charge in [-0.1, -0.05) is 41.7 Å². The minimum absolute atomic E-state index is 0.145. The highest BCUT2D eigenvalue weighted by Crippen LogP contribution is 2.26. The van der Waals surface area contributed by atoms with Gasteiger partial charge < -0.3 is 18.5 Å². The van der Waals surface area contributed by atoms with Gasteiger partial charge in [0, 0.05) is 5.39 Å². The second-order valence-electron chi connectivity index (χ2n) is 7.67. The van der Waals surface area contributed by atoms with Crippen LogP contribution in [0.2, 0.25) is 0 Å². The van der Waals surface area contributed by atoms with Crippen LogP contribution in [0, 0.1) is 0 Å². The molecule has 5 aromatic rings. The summed E-state index contributed by atoms with van der Waals surface area (Å²) in [4.78, 5) is 42.4. The Kier molecular flexibility index (Phi) is 5.92. The van der Waals surface area contributed by atoms with E-state index in [1.165, 1.54) is 24.5 Å². The van der Waals surface area contributed by atoms with Crippen LogP contribution in [0.1, 0.15) is 17.3 Å². The van der Waals surface area contributed by atoms with E-state index in [0.717, 1.165) is 15.5 Å². The number of carbonyl (C=O) groups is 2. The Hall–Kier alpha value is -4.24. The largest absolute Gasteiger partial charge is 0.494 e. The number of ether oxygens (including phenoxy) is 2. The molecule has 0 atom stereocenters. The Morgan fingerprint density at radius 3 is 2.69 bits per heavy atom. The SMILES string of the molecule is CCOc1ccc2c(c1)sc(=NC(=O)c1cc3c(ccc4ccccc43)oc1=O)n2CC(=O)OC. The molecule has 2 aromatic heterocycles. The quantitative estimate of drug-likeness (QED) is 0.208. The van der Waals surface area contributed by atoms with Crippen LogP contribution >= 0.6 is 11.3 Å². The van der Waals surface area contributed by atoms with E-state index >= 15 is 0 Å². The van der Waals surface area contributed by atoms with Gasteiger partial charge >= 0.3 is 11.6 Å². The zero-order valence-corrected chi connectivity index (χ0v) is 19.8. The number of nitrogens with zero attached hydrogens (tertiary/aromatic N) is 2. The summed E-state index contributed by atoms with van der Waals surface area (Å²) in [5.41, 5.74) is 0.106.